The van der Waals surface area contributed by atoms with Crippen LogP contribution in [0.4, 0.5) is 5.69 Å². The van der Waals surface area contributed by atoms with Gasteiger partial charge in [0.05, 0.1) is 7.11 Å². The summed E-state index contributed by atoms with van der Waals surface area (Å²) in [7, 11) is 1.63. The molecule has 5 nitrogen and oxygen atoms in total. The molecular weight excluding hydrogens is 386 g/mol. The number of benzene rings is 2. The Bertz CT molecular complexity index is 1120. The Morgan fingerprint density at radius 3 is 2.52 bits per heavy atom. The van der Waals surface area contributed by atoms with Gasteiger partial charge >= 0.3 is 0 Å². The van der Waals surface area contributed by atoms with E-state index in [4.69, 9.17) is 16.3 Å². The Hall–Kier alpha value is -3.49. The van der Waals surface area contributed by atoms with Crippen molar-refractivity contribution in [2.45, 2.75) is 13.8 Å². The SMILES string of the molecule is COc1ccc(-n2c(C)cc(/C=C(\C#N)C(=O)Nc3cccc(Cl)c3)c2C)cc1. The smallest absolute Gasteiger partial charge is 0.266 e. The van der Waals surface area contributed by atoms with Crippen LogP contribution in [-0.2, 0) is 4.79 Å². The number of anilines is 1. The zero-order chi connectivity index (χ0) is 21.0. The summed E-state index contributed by atoms with van der Waals surface area (Å²) in [5, 5.41) is 12.7. The van der Waals surface area contributed by atoms with Crippen molar-refractivity contribution >= 4 is 29.3 Å². The summed E-state index contributed by atoms with van der Waals surface area (Å²) in [5.74, 6) is 0.296. The van der Waals surface area contributed by atoms with Crippen LogP contribution in [0.25, 0.3) is 11.8 Å². The third-order valence-corrected chi connectivity index (χ3v) is 4.78. The summed E-state index contributed by atoms with van der Waals surface area (Å²) in [4.78, 5) is 12.5. The van der Waals surface area contributed by atoms with Gasteiger partial charge in [0.25, 0.3) is 5.91 Å². The molecule has 0 radical (unpaired) electrons. The summed E-state index contributed by atoms with van der Waals surface area (Å²) < 4.78 is 7.28. The normalized spacial score (nSPS) is 11.1. The maximum absolute atomic E-state index is 12.5. The third-order valence-electron chi connectivity index (χ3n) is 4.55. The fraction of sp³-hybridized carbons (Fsp3) is 0.130. The highest BCUT2D eigenvalue weighted by Gasteiger charge is 2.14. The van der Waals surface area contributed by atoms with Gasteiger partial charge in [-0.15, -0.1) is 0 Å². The average Bonchev–Trinajstić information content (AvgIpc) is 2.99. The highest BCUT2D eigenvalue weighted by molar-refractivity contribution is 6.31. The largest absolute Gasteiger partial charge is 0.497 e. The van der Waals surface area contributed by atoms with Crippen LogP contribution in [0.1, 0.15) is 17.0 Å². The van der Waals surface area contributed by atoms with Gasteiger partial charge in [0.15, 0.2) is 0 Å². The molecular formula is C23H20ClN3O2. The van der Waals surface area contributed by atoms with Crippen molar-refractivity contribution in [3.63, 3.8) is 0 Å². The summed E-state index contributed by atoms with van der Waals surface area (Å²) in [5.41, 5.74) is 4.24. The molecule has 146 valence electrons. The van der Waals surface area contributed by atoms with Crippen molar-refractivity contribution in [2.75, 3.05) is 12.4 Å². The van der Waals surface area contributed by atoms with Crippen molar-refractivity contribution in [1.29, 1.82) is 5.26 Å². The predicted molar refractivity (Wildman–Crippen MR) is 115 cm³/mol. The minimum atomic E-state index is -0.482. The molecule has 0 unspecified atom stereocenters. The number of nitriles is 1. The molecule has 1 aromatic heterocycles. The lowest BCUT2D eigenvalue weighted by Crippen LogP contribution is -2.13. The first-order valence-corrected chi connectivity index (χ1v) is 9.33. The molecule has 0 spiro atoms. The van der Waals surface area contributed by atoms with Crippen LogP contribution in [0, 0.1) is 25.2 Å². The molecule has 3 aromatic rings. The van der Waals surface area contributed by atoms with Crippen LogP contribution in [0.5, 0.6) is 5.75 Å². The highest BCUT2D eigenvalue weighted by atomic mass is 35.5. The number of rotatable bonds is 5. The summed E-state index contributed by atoms with van der Waals surface area (Å²) >= 11 is 5.95. The number of amides is 1. The Morgan fingerprint density at radius 2 is 1.90 bits per heavy atom. The number of ether oxygens (including phenoxy) is 1. The van der Waals surface area contributed by atoms with Crippen molar-refractivity contribution in [3.05, 3.63) is 82.1 Å². The van der Waals surface area contributed by atoms with Gasteiger partial charge in [-0.3, -0.25) is 4.79 Å². The van der Waals surface area contributed by atoms with Crippen molar-refractivity contribution in [2.24, 2.45) is 0 Å². The van der Waals surface area contributed by atoms with Crippen LogP contribution < -0.4 is 10.1 Å². The maximum atomic E-state index is 12.5. The molecule has 0 aliphatic carbocycles. The molecule has 0 saturated carbocycles. The van der Waals surface area contributed by atoms with Crippen molar-refractivity contribution in [1.82, 2.24) is 4.57 Å². The van der Waals surface area contributed by atoms with Gasteiger partial charge < -0.3 is 14.6 Å². The second kappa shape index (κ2) is 8.68. The molecule has 3 rings (SSSR count). The number of halogens is 1. The van der Waals surface area contributed by atoms with E-state index in [0.717, 1.165) is 28.4 Å². The lowest BCUT2D eigenvalue weighted by molar-refractivity contribution is -0.112. The van der Waals surface area contributed by atoms with Crippen LogP contribution in [0.3, 0.4) is 0 Å². The number of methoxy groups -OCH3 is 1. The van der Waals surface area contributed by atoms with Gasteiger partial charge in [0.1, 0.15) is 17.4 Å². The van der Waals surface area contributed by atoms with Gasteiger partial charge in [-0.25, -0.2) is 0 Å². The molecule has 0 fully saturated rings. The van der Waals surface area contributed by atoms with Crippen LogP contribution in [0.2, 0.25) is 5.02 Å². The van der Waals surface area contributed by atoms with Gasteiger partial charge in [-0.2, -0.15) is 5.26 Å². The number of nitrogens with zero attached hydrogens (tertiary/aromatic N) is 2. The van der Waals surface area contributed by atoms with Gasteiger partial charge in [-0.05, 0) is 74.0 Å². The van der Waals surface area contributed by atoms with Crippen LogP contribution >= 0.6 is 11.6 Å². The molecule has 29 heavy (non-hydrogen) atoms. The van der Waals surface area contributed by atoms with E-state index in [-0.39, 0.29) is 5.57 Å². The third kappa shape index (κ3) is 4.50. The number of aromatic nitrogens is 1. The van der Waals surface area contributed by atoms with Crippen molar-refractivity contribution in [3.8, 4) is 17.5 Å². The lowest BCUT2D eigenvalue weighted by Gasteiger charge is -2.10. The summed E-state index contributed by atoms with van der Waals surface area (Å²) in [6.07, 6.45) is 1.60. The predicted octanol–water partition coefficient (Wildman–Crippen LogP) is 5.30. The Kier molecular flexibility index (Phi) is 6.06. The van der Waals surface area contributed by atoms with E-state index in [1.165, 1.54) is 0 Å². The molecule has 0 aliphatic rings. The second-order valence-electron chi connectivity index (χ2n) is 6.49. The number of carbonyl (C=O) groups excluding carboxylic acids is 1. The Balaban J connectivity index is 1.91. The summed E-state index contributed by atoms with van der Waals surface area (Å²) in [6, 6.07) is 18.4. The van der Waals surface area contributed by atoms with Gasteiger partial charge in [-0.1, -0.05) is 17.7 Å². The van der Waals surface area contributed by atoms with Gasteiger partial charge in [0, 0.05) is 27.8 Å². The minimum Gasteiger partial charge on any atom is -0.497 e. The molecule has 0 saturated heterocycles. The fourth-order valence-corrected chi connectivity index (χ4v) is 3.32. The molecule has 2 aromatic carbocycles. The second-order valence-corrected chi connectivity index (χ2v) is 6.93. The summed E-state index contributed by atoms with van der Waals surface area (Å²) in [6.45, 7) is 3.93. The van der Waals surface area contributed by atoms with E-state index in [9.17, 15) is 10.1 Å². The quantitative estimate of drug-likeness (QED) is 0.462. The van der Waals surface area contributed by atoms with E-state index in [1.54, 1.807) is 37.5 Å². The number of carbonyl (C=O) groups is 1. The fourth-order valence-electron chi connectivity index (χ4n) is 3.13. The minimum absolute atomic E-state index is 0.0138. The topological polar surface area (TPSA) is 67.0 Å². The average molecular weight is 406 g/mol. The number of hydrogen-bond acceptors (Lipinski definition) is 3. The monoisotopic (exact) mass is 405 g/mol. The van der Waals surface area contributed by atoms with Crippen LogP contribution in [-0.4, -0.2) is 17.6 Å². The zero-order valence-electron chi connectivity index (χ0n) is 16.4. The van der Waals surface area contributed by atoms with E-state index < -0.39 is 5.91 Å². The van der Waals surface area contributed by atoms with E-state index in [0.29, 0.717) is 10.7 Å². The molecule has 1 N–H and O–H groups in total. The van der Waals surface area contributed by atoms with Crippen molar-refractivity contribution < 1.29 is 9.53 Å². The first-order valence-electron chi connectivity index (χ1n) is 8.95. The molecule has 0 aliphatic heterocycles. The molecule has 1 heterocycles. The highest BCUT2D eigenvalue weighted by Crippen LogP contribution is 2.25. The number of hydrogen-bond donors (Lipinski definition) is 1. The maximum Gasteiger partial charge on any atom is 0.266 e. The molecule has 1 amide bonds. The van der Waals surface area contributed by atoms with Crippen LogP contribution in [0.15, 0.2) is 60.2 Å². The number of nitrogens with one attached hydrogen (secondary N) is 1. The standard InChI is InChI=1S/C23H20ClN3O2/c1-15-11-17(16(2)27(15)21-7-9-22(29-3)10-8-21)12-18(14-25)23(28)26-20-6-4-5-19(24)13-20/h4-13H,1-3H3,(H,26,28)/b18-12+. The lowest BCUT2D eigenvalue weighted by atomic mass is 10.1. The molecule has 0 atom stereocenters. The first kappa shape index (κ1) is 20.2. The first-order chi connectivity index (χ1) is 13.9. The van der Waals surface area contributed by atoms with E-state index in [1.807, 2.05) is 50.2 Å². The van der Waals surface area contributed by atoms with E-state index >= 15 is 0 Å². The number of aryl methyl sites for hydroxylation is 1. The van der Waals surface area contributed by atoms with E-state index in [2.05, 4.69) is 9.88 Å². The van der Waals surface area contributed by atoms with Gasteiger partial charge in [0.2, 0.25) is 0 Å². The Labute approximate surface area is 174 Å². The zero-order valence-corrected chi connectivity index (χ0v) is 17.1. The molecule has 0 bridgehead atoms. The Morgan fingerprint density at radius 1 is 1.17 bits per heavy atom. The molecule has 6 heteroatoms.